The Bertz CT molecular complexity index is 692. The monoisotopic (exact) mass is 424 g/mol. The van der Waals surface area contributed by atoms with Gasteiger partial charge in [-0.3, -0.25) is 9.80 Å². The Morgan fingerprint density at radius 2 is 1.54 bits per heavy atom. The molecule has 2 aromatic carbocycles. The molecule has 4 nitrogen and oxygen atoms in total. The molecule has 0 amide bonds. The average Bonchev–Trinajstić information content (AvgIpc) is 2.65. The van der Waals surface area contributed by atoms with Crippen LogP contribution in [0.5, 0.6) is 5.75 Å². The van der Waals surface area contributed by atoms with Crippen LogP contribution in [0.1, 0.15) is 16.7 Å². The molecule has 1 atom stereocenters. The van der Waals surface area contributed by atoms with Crippen LogP contribution in [0.2, 0.25) is 0 Å². The van der Waals surface area contributed by atoms with Gasteiger partial charge in [0, 0.05) is 39.3 Å². The van der Waals surface area contributed by atoms with Crippen molar-refractivity contribution in [3.05, 3.63) is 65.2 Å². The van der Waals surface area contributed by atoms with Gasteiger partial charge in [-0.15, -0.1) is 0 Å². The number of rotatable bonds is 7. The number of β-amino-alcohol motifs (C(OH)–C–C–N with tert-alkyl or cyclic N) is 1. The summed E-state index contributed by atoms with van der Waals surface area (Å²) in [6.07, 6.45) is -0.461. The highest BCUT2D eigenvalue weighted by Crippen LogP contribution is 2.16. The third-order valence-electron chi connectivity index (χ3n) is 5.10. The normalized spacial score (nSPS) is 16.0. The largest absolute Gasteiger partial charge is 1.00 e. The molecule has 28 heavy (non-hydrogen) atoms. The predicted molar refractivity (Wildman–Crippen MR) is 106 cm³/mol. The molecule has 1 N–H and O–H groups in total. The molecule has 2 aromatic rings. The van der Waals surface area contributed by atoms with Gasteiger partial charge in [-0.05, 0) is 42.7 Å². The maximum Gasteiger partial charge on any atom is 0.119 e. The van der Waals surface area contributed by atoms with E-state index >= 15 is 0 Å². The van der Waals surface area contributed by atoms with Gasteiger partial charge in [0.05, 0.1) is 0 Å². The minimum atomic E-state index is -0.461. The van der Waals surface area contributed by atoms with E-state index in [2.05, 4.69) is 60.0 Å². The van der Waals surface area contributed by atoms with E-state index in [1.165, 1.54) is 16.7 Å². The molecule has 0 saturated carbocycles. The van der Waals surface area contributed by atoms with Gasteiger partial charge in [0.1, 0.15) is 18.5 Å². The van der Waals surface area contributed by atoms with E-state index in [4.69, 9.17) is 4.74 Å². The Balaban J connectivity index is 0.00000196. The summed E-state index contributed by atoms with van der Waals surface area (Å²) in [6, 6.07) is 16.7. The quantitative estimate of drug-likeness (QED) is 0.509. The van der Waals surface area contributed by atoms with E-state index in [0.717, 1.165) is 38.5 Å². The van der Waals surface area contributed by atoms with Crippen molar-refractivity contribution in [2.45, 2.75) is 26.5 Å². The summed E-state index contributed by atoms with van der Waals surface area (Å²) < 4.78 is 5.76. The molecular formula is C22H30Cl2N2O2-2. The smallest absolute Gasteiger partial charge is 0.119 e. The van der Waals surface area contributed by atoms with Gasteiger partial charge in [0.25, 0.3) is 0 Å². The number of hydrogen-bond donors (Lipinski definition) is 1. The second kappa shape index (κ2) is 12.3. The number of nitrogens with zero attached hydrogens (tertiary/aromatic N) is 2. The highest BCUT2D eigenvalue weighted by atomic mass is 35.5. The van der Waals surface area contributed by atoms with Crippen LogP contribution >= 0.6 is 0 Å². The van der Waals surface area contributed by atoms with Crippen molar-refractivity contribution in [3.63, 3.8) is 0 Å². The molecular weight excluding hydrogens is 395 g/mol. The van der Waals surface area contributed by atoms with Gasteiger partial charge in [-0.2, -0.15) is 0 Å². The Morgan fingerprint density at radius 3 is 2.18 bits per heavy atom. The summed E-state index contributed by atoms with van der Waals surface area (Å²) >= 11 is 0. The molecule has 1 heterocycles. The van der Waals surface area contributed by atoms with Crippen LogP contribution in [-0.2, 0) is 6.54 Å². The van der Waals surface area contributed by atoms with Crippen molar-refractivity contribution in [1.29, 1.82) is 0 Å². The van der Waals surface area contributed by atoms with E-state index in [1.54, 1.807) is 0 Å². The molecule has 1 aliphatic rings. The number of ether oxygens (including phenoxy) is 1. The Hall–Kier alpha value is -1.30. The number of hydrogen-bond acceptors (Lipinski definition) is 4. The van der Waals surface area contributed by atoms with Crippen molar-refractivity contribution in [2.24, 2.45) is 0 Å². The fourth-order valence-electron chi connectivity index (χ4n) is 3.32. The first-order chi connectivity index (χ1) is 12.6. The number of aryl methyl sites for hydroxylation is 2. The Morgan fingerprint density at radius 1 is 0.893 bits per heavy atom. The molecule has 1 fully saturated rings. The lowest BCUT2D eigenvalue weighted by atomic mass is 10.1. The van der Waals surface area contributed by atoms with Gasteiger partial charge >= 0.3 is 0 Å². The highest BCUT2D eigenvalue weighted by Gasteiger charge is 2.19. The fourth-order valence-corrected chi connectivity index (χ4v) is 3.32. The maximum atomic E-state index is 10.3. The molecule has 0 aromatic heterocycles. The summed E-state index contributed by atoms with van der Waals surface area (Å²) in [5, 5.41) is 10.3. The van der Waals surface area contributed by atoms with Gasteiger partial charge in [-0.1, -0.05) is 36.4 Å². The molecule has 1 unspecified atom stereocenters. The zero-order valence-electron chi connectivity index (χ0n) is 16.7. The first kappa shape index (κ1) is 24.7. The summed E-state index contributed by atoms with van der Waals surface area (Å²) in [5.41, 5.74) is 3.83. The van der Waals surface area contributed by atoms with E-state index < -0.39 is 6.10 Å². The van der Waals surface area contributed by atoms with E-state index in [0.29, 0.717) is 13.2 Å². The van der Waals surface area contributed by atoms with Crippen molar-refractivity contribution in [1.82, 2.24) is 9.80 Å². The minimum absolute atomic E-state index is 0. The molecule has 156 valence electrons. The zero-order chi connectivity index (χ0) is 18.4. The molecule has 6 heteroatoms. The molecule has 1 aliphatic heterocycles. The number of aliphatic hydroxyl groups excluding tert-OH is 1. The van der Waals surface area contributed by atoms with Gasteiger partial charge in [0.2, 0.25) is 0 Å². The van der Waals surface area contributed by atoms with Crippen LogP contribution in [0, 0.1) is 13.8 Å². The molecule has 0 bridgehead atoms. The van der Waals surface area contributed by atoms with Crippen LogP contribution < -0.4 is 29.6 Å². The van der Waals surface area contributed by atoms with Crippen molar-refractivity contribution in [3.8, 4) is 5.75 Å². The van der Waals surface area contributed by atoms with Crippen molar-refractivity contribution < 1.29 is 34.7 Å². The maximum absolute atomic E-state index is 10.3. The first-order valence-electron chi connectivity index (χ1n) is 9.47. The number of benzene rings is 2. The van der Waals surface area contributed by atoms with Gasteiger partial charge in [-0.25, -0.2) is 0 Å². The van der Waals surface area contributed by atoms with E-state index in [-0.39, 0.29) is 24.8 Å². The number of aliphatic hydroxyl groups is 1. The molecule has 3 rings (SSSR count). The first-order valence-corrected chi connectivity index (χ1v) is 9.47. The van der Waals surface area contributed by atoms with Crippen LogP contribution in [0.4, 0.5) is 0 Å². The number of piperazine rings is 1. The van der Waals surface area contributed by atoms with Crippen molar-refractivity contribution in [2.75, 3.05) is 39.3 Å². The molecule has 0 aliphatic carbocycles. The average molecular weight is 425 g/mol. The molecule has 0 spiro atoms. The van der Waals surface area contributed by atoms with E-state index in [9.17, 15) is 5.11 Å². The topological polar surface area (TPSA) is 35.9 Å². The van der Waals surface area contributed by atoms with Crippen LogP contribution in [0.25, 0.3) is 0 Å². The Labute approximate surface area is 181 Å². The van der Waals surface area contributed by atoms with E-state index in [1.807, 2.05) is 12.1 Å². The van der Waals surface area contributed by atoms with Gasteiger partial charge < -0.3 is 34.7 Å². The van der Waals surface area contributed by atoms with Gasteiger partial charge in [0.15, 0.2) is 0 Å². The third kappa shape index (κ3) is 7.61. The highest BCUT2D eigenvalue weighted by molar-refractivity contribution is 5.33. The second-order valence-electron chi connectivity index (χ2n) is 7.27. The van der Waals surface area contributed by atoms with Crippen molar-refractivity contribution >= 4 is 0 Å². The molecule has 0 radical (unpaired) electrons. The number of halogens is 2. The lowest BCUT2D eigenvalue weighted by molar-refractivity contribution is -0.001000. The second-order valence-corrected chi connectivity index (χ2v) is 7.27. The van der Waals surface area contributed by atoms with Crippen LogP contribution in [-0.4, -0.2) is 60.3 Å². The lowest BCUT2D eigenvalue weighted by Crippen LogP contribution is -3.00. The standard InChI is InChI=1S/C22H30N2O2.2ClH/c1-18-8-9-22(14-19(18)2)26-17-21(25)16-24-12-10-23(11-13-24)15-20-6-4-3-5-7-20;;/h3-9,14,21,25H,10-13,15-17H2,1-2H3;2*1H/p-2. The predicted octanol–water partition coefficient (Wildman–Crippen LogP) is -3.13. The fraction of sp³-hybridized carbons (Fsp3) is 0.455. The molecule has 1 saturated heterocycles. The third-order valence-corrected chi connectivity index (χ3v) is 5.10. The summed E-state index contributed by atoms with van der Waals surface area (Å²) in [5.74, 6) is 0.833. The summed E-state index contributed by atoms with van der Waals surface area (Å²) in [7, 11) is 0. The summed E-state index contributed by atoms with van der Waals surface area (Å²) in [6.45, 7) is 10.3. The van der Waals surface area contributed by atoms with Crippen LogP contribution in [0.15, 0.2) is 48.5 Å². The van der Waals surface area contributed by atoms with Crippen LogP contribution in [0.3, 0.4) is 0 Å². The Kier molecular flexibility index (Phi) is 10.9. The zero-order valence-corrected chi connectivity index (χ0v) is 18.2. The minimum Gasteiger partial charge on any atom is -1.00 e. The summed E-state index contributed by atoms with van der Waals surface area (Å²) in [4.78, 5) is 4.81. The lowest BCUT2D eigenvalue weighted by Gasteiger charge is -2.35. The SMILES string of the molecule is Cc1ccc(OCC(O)CN2CCN(Cc3ccccc3)CC2)cc1C.[Cl-].[Cl-].